The van der Waals surface area contributed by atoms with Crippen molar-refractivity contribution in [2.24, 2.45) is 0 Å². The van der Waals surface area contributed by atoms with E-state index in [0.29, 0.717) is 46.2 Å². The topological polar surface area (TPSA) is 74.2 Å². The maximum atomic E-state index is 5.95. The number of benzene rings is 1. The number of hydrogen-bond donors (Lipinski definition) is 1. The summed E-state index contributed by atoms with van der Waals surface area (Å²) in [4.78, 5) is 4.20. The summed E-state index contributed by atoms with van der Waals surface area (Å²) in [5.41, 5.74) is 6.62. The van der Waals surface area contributed by atoms with E-state index in [1.165, 1.54) is 0 Å². The van der Waals surface area contributed by atoms with Gasteiger partial charge in [-0.3, -0.25) is 0 Å². The van der Waals surface area contributed by atoms with Crippen LogP contribution in [0, 0.1) is 0 Å². The Morgan fingerprint density at radius 1 is 1.32 bits per heavy atom. The molecule has 7 heteroatoms. The lowest BCUT2D eigenvalue weighted by Gasteiger charge is -2.02. The Hall–Kier alpha value is -1.30. The maximum absolute atomic E-state index is 5.95. The third-order valence-corrected chi connectivity index (χ3v) is 3.00. The van der Waals surface area contributed by atoms with Crippen molar-refractivity contribution < 1.29 is 9.26 Å². The molecule has 0 aliphatic heterocycles. The van der Waals surface area contributed by atoms with E-state index < -0.39 is 0 Å². The molecule has 19 heavy (non-hydrogen) atoms. The standard InChI is InChI=1S/C12H13Cl2N3O2/c1-2-3-18-6-10-16-12(19-17-10)7-4-8(13)11(15)9(14)5-7/h4-5H,2-3,6,15H2,1H3. The normalized spacial score (nSPS) is 10.9. The molecule has 2 aromatic rings. The quantitative estimate of drug-likeness (QED) is 0.675. The van der Waals surface area contributed by atoms with Crippen molar-refractivity contribution in [3.05, 3.63) is 28.0 Å². The number of nitrogens with two attached hydrogens (primary N) is 1. The van der Waals surface area contributed by atoms with Crippen molar-refractivity contribution in [2.45, 2.75) is 20.0 Å². The zero-order valence-electron chi connectivity index (χ0n) is 10.3. The number of aromatic nitrogens is 2. The van der Waals surface area contributed by atoms with Gasteiger partial charge in [0, 0.05) is 12.2 Å². The van der Waals surface area contributed by atoms with Gasteiger partial charge in [0.25, 0.3) is 5.89 Å². The summed E-state index contributed by atoms with van der Waals surface area (Å²) in [5.74, 6) is 0.811. The van der Waals surface area contributed by atoms with Crippen LogP contribution in [-0.4, -0.2) is 16.7 Å². The Kier molecular flexibility index (Phi) is 4.63. The van der Waals surface area contributed by atoms with Gasteiger partial charge in [-0.05, 0) is 18.6 Å². The highest BCUT2D eigenvalue weighted by Crippen LogP contribution is 2.32. The van der Waals surface area contributed by atoms with Crippen LogP contribution in [-0.2, 0) is 11.3 Å². The fourth-order valence-electron chi connectivity index (χ4n) is 1.45. The Labute approximate surface area is 120 Å². The van der Waals surface area contributed by atoms with Crippen LogP contribution in [0.5, 0.6) is 0 Å². The Balaban J connectivity index is 2.18. The highest BCUT2D eigenvalue weighted by Gasteiger charge is 2.12. The molecule has 1 aromatic heterocycles. The number of nitrogen functional groups attached to an aromatic ring is 1. The summed E-state index contributed by atoms with van der Waals surface area (Å²) in [6, 6.07) is 3.26. The molecule has 0 amide bonds. The van der Waals surface area contributed by atoms with Gasteiger partial charge < -0.3 is 15.0 Å². The zero-order chi connectivity index (χ0) is 13.8. The molecule has 0 spiro atoms. The fraction of sp³-hybridized carbons (Fsp3) is 0.333. The summed E-state index contributed by atoms with van der Waals surface area (Å²) < 4.78 is 10.5. The van der Waals surface area contributed by atoms with Crippen molar-refractivity contribution in [2.75, 3.05) is 12.3 Å². The summed E-state index contributed by atoms with van der Waals surface area (Å²) in [6.07, 6.45) is 0.938. The SMILES string of the molecule is CCCOCc1noc(-c2cc(Cl)c(N)c(Cl)c2)n1. The second-order valence-corrected chi connectivity index (χ2v) is 4.74. The Morgan fingerprint density at radius 2 is 2.00 bits per heavy atom. The molecular formula is C12H13Cl2N3O2. The number of hydrogen-bond acceptors (Lipinski definition) is 5. The van der Waals surface area contributed by atoms with Gasteiger partial charge in [-0.25, -0.2) is 0 Å². The van der Waals surface area contributed by atoms with Gasteiger partial charge in [0.15, 0.2) is 5.82 Å². The van der Waals surface area contributed by atoms with E-state index in [9.17, 15) is 0 Å². The van der Waals surface area contributed by atoms with Crippen molar-refractivity contribution in [3.8, 4) is 11.5 Å². The van der Waals surface area contributed by atoms with Gasteiger partial charge in [-0.15, -0.1) is 0 Å². The van der Waals surface area contributed by atoms with Crippen molar-refractivity contribution in [3.63, 3.8) is 0 Å². The van der Waals surface area contributed by atoms with E-state index in [4.69, 9.17) is 38.2 Å². The summed E-state index contributed by atoms with van der Waals surface area (Å²) in [7, 11) is 0. The first-order valence-corrected chi connectivity index (χ1v) is 6.52. The number of nitrogens with zero attached hydrogens (tertiary/aromatic N) is 2. The van der Waals surface area contributed by atoms with Crippen LogP contribution in [0.25, 0.3) is 11.5 Å². The van der Waals surface area contributed by atoms with Gasteiger partial charge in [0.05, 0.1) is 15.7 Å². The third kappa shape index (κ3) is 3.37. The molecule has 0 bridgehead atoms. The van der Waals surface area contributed by atoms with Crippen molar-refractivity contribution >= 4 is 28.9 Å². The number of halogens is 2. The molecule has 0 saturated heterocycles. The van der Waals surface area contributed by atoms with Crippen LogP contribution in [0.2, 0.25) is 10.0 Å². The van der Waals surface area contributed by atoms with Crippen LogP contribution in [0.3, 0.4) is 0 Å². The van der Waals surface area contributed by atoms with E-state index in [1.54, 1.807) is 12.1 Å². The average molecular weight is 302 g/mol. The van der Waals surface area contributed by atoms with Gasteiger partial charge in [0.1, 0.15) is 6.61 Å². The van der Waals surface area contributed by atoms with E-state index >= 15 is 0 Å². The van der Waals surface area contributed by atoms with Crippen molar-refractivity contribution in [1.29, 1.82) is 0 Å². The predicted octanol–water partition coefficient (Wildman–Crippen LogP) is 3.55. The number of ether oxygens (including phenoxy) is 1. The van der Waals surface area contributed by atoms with Crippen LogP contribution in [0.4, 0.5) is 5.69 Å². The summed E-state index contributed by atoms with van der Waals surface area (Å²) >= 11 is 11.9. The molecule has 1 aromatic carbocycles. The first-order valence-electron chi connectivity index (χ1n) is 5.77. The average Bonchev–Trinajstić information content (AvgIpc) is 2.84. The molecule has 0 aliphatic rings. The molecule has 0 aliphatic carbocycles. The van der Waals surface area contributed by atoms with Gasteiger partial charge >= 0.3 is 0 Å². The zero-order valence-corrected chi connectivity index (χ0v) is 11.8. The summed E-state index contributed by atoms with van der Waals surface area (Å²) in [5, 5.41) is 4.52. The van der Waals surface area contributed by atoms with Gasteiger partial charge in [-0.1, -0.05) is 35.3 Å². The minimum atomic E-state index is 0.313. The lowest BCUT2D eigenvalue weighted by molar-refractivity contribution is 0.114. The first-order chi connectivity index (χ1) is 9.11. The number of anilines is 1. The molecule has 0 radical (unpaired) electrons. The van der Waals surface area contributed by atoms with Crippen LogP contribution in [0.1, 0.15) is 19.2 Å². The van der Waals surface area contributed by atoms with Crippen molar-refractivity contribution in [1.82, 2.24) is 10.1 Å². The third-order valence-electron chi connectivity index (χ3n) is 2.37. The minimum Gasteiger partial charge on any atom is -0.396 e. The van der Waals surface area contributed by atoms with Gasteiger partial charge in [0.2, 0.25) is 0 Å². The van der Waals surface area contributed by atoms with Gasteiger partial charge in [-0.2, -0.15) is 4.98 Å². The lowest BCUT2D eigenvalue weighted by atomic mass is 10.2. The smallest absolute Gasteiger partial charge is 0.258 e. The number of rotatable bonds is 5. The molecule has 102 valence electrons. The first kappa shape index (κ1) is 14.1. The fourth-order valence-corrected chi connectivity index (χ4v) is 1.93. The van der Waals surface area contributed by atoms with E-state index in [-0.39, 0.29) is 0 Å². The molecule has 1 heterocycles. The molecule has 2 rings (SSSR count). The Bertz CT molecular complexity index is 549. The largest absolute Gasteiger partial charge is 0.396 e. The summed E-state index contributed by atoms with van der Waals surface area (Å²) in [6.45, 7) is 3.00. The lowest BCUT2D eigenvalue weighted by Crippen LogP contribution is -1.95. The van der Waals surface area contributed by atoms with Crippen LogP contribution >= 0.6 is 23.2 Å². The van der Waals surface area contributed by atoms with Crippen LogP contribution in [0.15, 0.2) is 16.7 Å². The molecule has 5 nitrogen and oxygen atoms in total. The molecule has 2 N–H and O–H groups in total. The molecule has 0 unspecified atom stereocenters. The highest BCUT2D eigenvalue weighted by molar-refractivity contribution is 6.39. The highest BCUT2D eigenvalue weighted by atomic mass is 35.5. The monoisotopic (exact) mass is 301 g/mol. The van der Waals surface area contributed by atoms with E-state index in [1.807, 2.05) is 6.92 Å². The molecular weight excluding hydrogens is 289 g/mol. The minimum absolute atomic E-state index is 0.313. The second kappa shape index (κ2) is 6.23. The molecule has 0 atom stereocenters. The van der Waals surface area contributed by atoms with E-state index in [0.717, 1.165) is 6.42 Å². The second-order valence-electron chi connectivity index (χ2n) is 3.92. The van der Waals surface area contributed by atoms with Crippen LogP contribution < -0.4 is 5.73 Å². The molecule has 0 saturated carbocycles. The molecule has 0 fully saturated rings. The predicted molar refractivity (Wildman–Crippen MR) is 74.1 cm³/mol. The Morgan fingerprint density at radius 3 is 2.63 bits per heavy atom. The maximum Gasteiger partial charge on any atom is 0.258 e. The van der Waals surface area contributed by atoms with E-state index in [2.05, 4.69) is 10.1 Å².